The average molecular weight is 572 g/mol. The average Bonchev–Trinajstić information content (AvgIpc) is 3.23. The number of aromatic nitrogens is 3. The molecule has 2 saturated heterocycles. The van der Waals surface area contributed by atoms with Gasteiger partial charge in [-0.3, -0.25) is 4.90 Å². The molecule has 8 nitrogen and oxygen atoms in total. The lowest BCUT2D eigenvalue weighted by molar-refractivity contribution is -0.274. The zero-order valence-electron chi connectivity index (χ0n) is 23.6. The second-order valence-corrected chi connectivity index (χ2v) is 13.0. The standard InChI is InChI=1S/C30H40F3N7O/c31-30(32,33)41-25-7-5-24(6-8-25)34-26-35-27(38-9-3-1-2-4-10-38)37-28(36-26)39-11-13-40(14-12-39)29-18-21-15-22(19-29)17-23(16-21)20-29/h5-8,21-23H,1-4,9-20H2,(H,34,35,36,37). The molecular weight excluding hydrogens is 531 g/mol. The van der Waals surface area contributed by atoms with E-state index in [1.165, 1.54) is 63.5 Å². The van der Waals surface area contributed by atoms with Crippen molar-refractivity contribution in [2.75, 3.05) is 54.4 Å². The van der Waals surface area contributed by atoms with Crippen LogP contribution in [0.2, 0.25) is 0 Å². The smallest absolute Gasteiger partial charge is 0.406 e. The first-order valence-corrected chi connectivity index (χ1v) is 15.4. The molecule has 2 aliphatic heterocycles. The molecule has 2 aromatic rings. The number of benzene rings is 1. The lowest BCUT2D eigenvalue weighted by atomic mass is 9.52. The van der Waals surface area contributed by atoms with E-state index in [1.807, 2.05) is 0 Å². The number of nitrogens with zero attached hydrogens (tertiary/aromatic N) is 6. The summed E-state index contributed by atoms with van der Waals surface area (Å²) in [7, 11) is 0. The lowest BCUT2D eigenvalue weighted by Gasteiger charge is -2.61. The van der Waals surface area contributed by atoms with Crippen LogP contribution in [0.3, 0.4) is 0 Å². The van der Waals surface area contributed by atoms with E-state index in [1.54, 1.807) is 12.1 Å². The van der Waals surface area contributed by atoms with Gasteiger partial charge in [0.05, 0.1) is 0 Å². The first-order valence-electron chi connectivity index (χ1n) is 15.4. The van der Waals surface area contributed by atoms with Crippen LogP contribution in [0.15, 0.2) is 24.3 Å². The van der Waals surface area contributed by atoms with Crippen molar-refractivity contribution in [3.8, 4) is 5.75 Å². The number of halogens is 3. The Morgan fingerprint density at radius 1 is 0.707 bits per heavy atom. The number of hydrogen-bond acceptors (Lipinski definition) is 8. The lowest BCUT2D eigenvalue weighted by Crippen LogP contribution is -2.64. The Morgan fingerprint density at radius 2 is 1.24 bits per heavy atom. The van der Waals surface area contributed by atoms with E-state index in [0.29, 0.717) is 29.1 Å². The van der Waals surface area contributed by atoms with Gasteiger partial charge < -0.3 is 19.9 Å². The van der Waals surface area contributed by atoms with Gasteiger partial charge in [0, 0.05) is 50.5 Å². The molecule has 0 atom stereocenters. The largest absolute Gasteiger partial charge is 0.573 e. The van der Waals surface area contributed by atoms with E-state index in [0.717, 1.165) is 69.9 Å². The molecule has 6 fully saturated rings. The summed E-state index contributed by atoms with van der Waals surface area (Å²) in [5.74, 6) is 4.28. The molecule has 4 aliphatic carbocycles. The number of alkyl halides is 3. The summed E-state index contributed by atoms with van der Waals surface area (Å²) in [6.45, 7) is 5.64. The summed E-state index contributed by atoms with van der Waals surface area (Å²) in [5.41, 5.74) is 0.997. The molecular formula is C30H40F3N7O. The molecule has 8 rings (SSSR count). The van der Waals surface area contributed by atoms with Crippen molar-refractivity contribution in [2.45, 2.75) is 76.1 Å². The molecule has 1 aromatic carbocycles. The second kappa shape index (κ2) is 10.8. The van der Waals surface area contributed by atoms with E-state index < -0.39 is 6.36 Å². The van der Waals surface area contributed by atoms with Gasteiger partial charge in [-0.2, -0.15) is 15.0 Å². The Labute approximate surface area is 239 Å². The van der Waals surface area contributed by atoms with E-state index in [-0.39, 0.29) is 5.75 Å². The number of rotatable bonds is 6. The molecule has 222 valence electrons. The first kappa shape index (κ1) is 27.0. The Hall–Kier alpha value is -2.82. The molecule has 3 heterocycles. The summed E-state index contributed by atoms with van der Waals surface area (Å²) in [5, 5.41) is 3.20. The minimum Gasteiger partial charge on any atom is -0.406 e. The molecule has 4 bridgehead atoms. The van der Waals surface area contributed by atoms with Crippen LogP contribution >= 0.6 is 0 Å². The van der Waals surface area contributed by atoms with Gasteiger partial charge >= 0.3 is 6.36 Å². The van der Waals surface area contributed by atoms with Crippen molar-refractivity contribution < 1.29 is 17.9 Å². The van der Waals surface area contributed by atoms with Crippen LogP contribution in [0.4, 0.5) is 36.7 Å². The highest BCUT2D eigenvalue weighted by Gasteiger charge is 2.53. The predicted octanol–water partition coefficient (Wildman–Crippen LogP) is 5.99. The van der Waals surface area contributed by atoms with E-state index in [9.17, 15) is 13.2 Å². The summed E-state index contributed by atoms with van der Waals surface area (Å²) in [6, 6.07) is 5.66. The quantitative estimate of drug-likeness (QED) is 0.454. The fraction of sp³-hybridized carbons (Fsp3) is 0.700. The Kier molecular flexibility index (Phi) is 7.11. The zero-order valence-corrected chi connectivity index (χ0v) is 23.6. The molecule has 1 N–H and O–H groups in total. The molecule has 41 heavy (non-hydrogen) atoms. The summed E-state index contributed by atoms with van der Waals surface area (Å²) < 4.78 is 41.8. The number of piperazine rings is 1. The van der Waals surface area contributed by atoms with Crippen LogP contribution in [0.5, 0.6) is 5.75 Å². The number of hydrogen-bond donors (Lipinski definition) is 1. The summed E-state index contributed by atoms with van der Waals surface area (Å²) >= 11 is 0. The summed E-state index contributed by atoms with van der Waals surface area (Å²) in [6.07, 6.45) is 8.41. The Bertz CT molecular complexity index is 1170. The molecule has 0 amide bonds. The third-order valence-corrected chi connectivity index (χ3v) is 10.1. The van der Waals surface area contributed by atoms with Gasteiger partial charge in [-0.1, -0.05) is 12.8 Å². The van der Waals surface area contributed by atoms with Crippen molar-refractivity contribution in [3.05, 3.63) is 24.3 Å². The maximum atomic E-state index is 12.6. The van der Waals surface area contributed by atoms with Crippen molar-refractivity contribution in [3.63, 3.8) is 0 Å². The third-order valence-electron chi connectivity index (χ3n) is 10.1. The topological polar surface area (TPSA) is 69.7 Å². The fourth-order valence-corrected chi connectivity index (χ4v) is 8.67. The van der Waals surface area contributed by atoms with Crippen LogP contribution in [-0.4, -0.2) is 71.0 Å². The second-order valence-electron chi connectivity index (χ2n) is 13.0. The highest BCUT2D eigenvalue weighted by molar-refractivity contribution is 5.57. The molecule has 0 unspecified atom stereocenters. The van der Waals surface area contributed by atoms with Gasteiger partial charge in [-0.05, 0) is 93.4 Å². The van der Waals surface area contributed by atoms with Gasteiger partial charge in [-0.15, -0.1) is 13.2 Å². The molecule has 6 aliphatic rings. The molecule has 4 saturated carbocycles. The van der Waals surface area contributed by atoms with Crippen LogP contribution in [0, 0.1) is 17.8 Å². The zero-order chi connectivity index (χ0) is 28.0. The predicted molar refractivity (Wildman–Crippen MR) is 152 cm³/mol. The first-order chi connectivity index (χ1) is 19.8. The molecule has 0 radical (unpaired) electrons. The van der Waals surface area contributed by atoms with Gasteiger partial charge in [0.25, 0.3) is 0 Å². The van der Waals surface area contributed by atoms with Gasteiger partial charge in [0.15, 0.2) is 0 Å². The number of anilines is 4. The van der Waals surface area contributed by atoms with Crippen LogP contribution in [0.1, 0.15) is 64.2 Å². The maximum absolute atomic E-state index is 12.6. The monoisotopic (exact) mass is 571 g/mol. The van der Waals surface area contributed by atoms with Crippen molar-refractivity contribution in [1.29, 1.82) is 0 Å². The normalized spacial score (nSPS) is 30.4. The van der Waals surface area contributed by atoms with E-state index in [2.05, 4.69) is 24.8 Å². The van der Waals surface area contributed by atoms with Gasteiger partial charge in [0.1, 0.15) is 5.75 Å². The van der Waals surface area contributed by atoms with Crippen LogP contribution < -0.4 is 19.9 Å². The highest BCUT2D eigenvalue weighted by Crippen LogP contribution is 2.57. The SMILES string of the molecule is FC(F)(F)Oc1ccc(Nc2nc(N3CCCCCC3)nc(N3CCN(C45CC6CC(CC(C6)C4)C5)CC3)n2)cc1. The van der Waals surface area contributed by atoms with Crippen molar-refractivity contribution in [2.24, 2.45) is 17.8 Å². The van der Waals surface area contributed by atoms with Crippen molar-refractivity contribution in [1.82, 2.24) is 19.9 Å². The molecule has 0 spiro atoms. The Morgan fingerprint density at radius 3 is 1.78 bits per heavy atom. The van der Waals surface area contributed by atoms with E-state index >= 15 is 0 Å². The van der Waals surface area contributed by atoms with Crippen LogP contribution in [-0.2, 0) is 0 Å². The molecule has 11 heteroatoms. The van der Waals surface area contributed by atoms with E-state index in [4.69, 9.17) is 15.0 Å². The minimum atomic E-state index is -4.72. The van der Waals surface area contributed by atoms with Crippen LogP contribution in [0.25, 0.3) is 0 Å². The van der Waals surface area contributed by atoms with Gasteiger partial charge in [-0.25, -0.2) is 0 Å². The number of nitrogens with one attached hydrogen (secondary N) is 1. The Balaban J connectivity index is 1.09. The number of ether oxygens (including phenoxy) is 1. The summed E-state index contributed by atoms with van der Waals surface area (Å²) in [4.78, 5) is 21.9. The fourth-order valence-electron chi connectivity index (χ4n) is 8.67. The third kappa shape index (κ3) is 5.92. The minimum absolute atomic E-state index is 0.262. The molecule has 1 aromatic heterocycles. The highest BCUT2D eigenvalue weighted by atomic mass is 19.4. The van der Waals surface area contributed by atoms with Crippen molar-refractivity contribution >= 4 is 23.5 Å². The maximum Gasteiger partial charge on any atom is 0.573 e. The van der Waals surface area contributed by atoms with Gasteiger partial charge in [0.2, 0.25) is 17.8 Å².